The Balaban J connectivity index is 1.47. The minimum absolute atomic E-state index is 0.648. The van der Waals surface area contributed by atoms with Crippen LogP contribution in [0.3, 0.4) is 0 Å². The molecule has 1 saturated heterocycles. The fraction of sp³-hybridized carbons (Fsp3) is 0.571. The number of furan rings is 1. The summed E-state index contributed by atoms with van der Waals surface area (Å²) >= 11 is 0. The fourth-order valence-corrected chi connectivity index (χ4v) is 3.75. The van der Waals surface area contributed by atoms with Crippen molar-refractivity contribution in [2.24, 2.45) is 10.9 Å². The lowest BCUT2D eigenvalue weighted by Gasteiger charge is -2.32. The van der Waals surface area contributed by atoms with Gasteiger partial charge in [0.25, 0.3) is 0 Å². The van der Waals surface area contributed by atoms with Crippen LogP contribution in [-0.4, -0.2) is 44.1 Å². The van der Waals surface area contributed by atoms with Crippen LogP contribution in [-0.2, 0) is 6.54 Å². The molecule has 5 heteroatoms. The van der Waals surface area contributed by atoms with Crippen LogP contribution < -0.4 is 10.6 Å². The van der Waals surface area contributed by atoms with E-state index in [2.05, 4.69) is 40.4 Å². The molecular formula is C21H32N4O. The summed E-state index contributed by atoms with van der Waals surface area (Å²) in [7, 11) is 1.82. The van der Waals surface area contributed by atoms with Gasteiger partial charge in [0.2, 0.25) is 0 Å². The molecule has 1 aliphatic rings. The van der Waals surface area contributed by atoms with E-state index in [0.717, 1.165) is 29.8 Å². The predicted molar refractivity (Wildman–Crippen MR) is 109 cm³/mol. The molecular weight excluding hydrogens is 324 g/mol. The van der Waals surface area contributed by atoms with Gasteiger partial charge in [-0.2, -0.15) is 0 Å². The number of hydrogen-bond acceptors (Lipinski definition) is 3. The first-order valence-electron chi connectivity index (χ1n) is 9.85. The van der Waals surface area contributed by atoms with E-state index in [1.54, 1.807) is 0 Å². The van der Waals surface area contributed by atoms with Gasteiger partial charge >= 0.3 is 0 Å². The zero-order valence-corrected chi connectivity index (χ0v) is 16.3. The van der Waals surface area contributed by atoms with Crippen LogP contribution in [0.4, 0.5) is 0 Å². The van der Waals surface area contributed by atoms with E-state index in [1.165, 1.54) is 49.8 Å². The number of aryl methyl sites for hydroxylation is 1. The molecule has 0 amide bonds. The van der Waals surface area contributed by atoms with Gasteiger partial charge in [-0.3, -0.25) is 4.99 Å². The maximum Gasteiger partial charge on any atom is 0.191 e. The number of benzene rings is 1. The van der Waals surface area contributed by atoms with Crippen molar-refractivity contribution in [3.63, 3.8) is 0 Å². The lowest BCUT2D eigenvalue weighted by molar-refractivity contribution is 0.185. The number of piperidine rings is 1. The van der Waals surface area contributed by atoms with Gasteiger partial charge in [-0.05, 0) is 57.8 Å². The van der Waals surface area contributed by atoms with Crippen molar-refractivity contribution < 1.29 is 4.42 Å². The average molecular weight is 357 g/mol. The first kappa shape index (κ1) is 18.8. The highest BCUT2D eigenvalue weighted by Crippen LogP contribution is 2.24. The van der Waals surface area contributed by atoms with Crippen molar-refractivity contribution >= 4 is 16.9 Å². The zero-order valence-electron chi connectivity index (χ0n) is 16.3. The lowest BCUT2D eigenvalue weighted by Crippen LogP contribution is -2.42. The van der Waals surface area contributed by atoms with E-state index in [1.807, 2.05) is 25.2 Å². The molecule has 0 atom stereocenters. The third-order valence-electron chi connectivity index (χ3n) is 5.39. The molecule has 1 aromatic heterocycles. The van der Waals surface area contributed by atoms with Crippen molar-refractivity contribution in [1.29, 1.82) is 0 Å². The van der Waals surface area contributed by atoms with Gasteiger partial charge in [0.1, 0.15) is 11.3 Å². The molecule has 26 heavy (non-hydrogen) atoms. The molecule has 2 heterocycles. The number of nitrogens with one attached hydrogen (secondary N) is 2. The molecule has 1 fully saturated rings. The number of nitrogens with zero attached hydrogens (tertiary/aromatic N) is 2. The van der Waals surface area contributed by atoms with E-state index < -0.39 is 0 Å². The van der Waals surface area contributed by atoms with Crippen molar-refractivity contribution in [3.8, 4) is 0 Å². The number of hydrogen-bond donors (Lipinski definition) is 2. The Bertz CT molecular complexity index is 729. The summed E-state index contributed by atoms with van der Waals surface area (Å²) < 4.78 is 5.97. The summed E-state index contributed by atoms with van der Waals surface area (Å²) in [5.74, 6) is 2.55. The summed E-state index contributed by atoms with van der Waals surface area (Å²) in [4.78, 5) is 6.94. The molecule has 0 unspecified atom stereocenters. The summed E-state index contributed by atoms with van der Waals surface area (Å²) in [5.41, 5.74) is 2.15. The van der Waals surface area contributed by atoms with Crippen LogP contribution >= 0.6 is 0 Å². The predicted octanol–water partition coefficient (Wildman–Crippen LogP) is 3.53. The number of rotatable bonds is 6. The van der Waals surface area contributed by atoms with Crippen LogP contribution in [0.5, 0.6) is 0 Å². The van der Waals surface area contributed by atoms with Crippen LogP contribution in [0.15, 0.2) is 33.7 Å². The maximum absolute atomic E-state index is 5.97. The molecule has 0 spiro atoms. The molecule has 2 aromatic rings. The van der Waals surface area contributed by atoms with Gasteiger partial charge in [0, 0.05) is 24.5 Å². The molecule has 2 N–H and O–H groups in total. The topological polar surface area (TPSA) is 52.8 Å². The van der Waals surface area contributed by atoms with Crippen molar-refractivity contribution in [3.05, 3.63) is 35.6 Å². The molecule has 0 aliphatic carbocycles. The number of aliphatic imine (C=N–C) groups is 1. The van der Waals surface area contributed by atoms with Gasteiger partial charge in [0.15, 0.2) is 5.96 Å². The second-order valence-corrected chi connectivity index (χ2v) is 7.24. The Morgan fingerprint density at radius 1 is 1.23 bits per heavy atom. The first-order chi connectivity index (χ1) is 12.7. The minimum atomic E-state index is 0.648. The second kappa shape index (κ2) is 9.08. The van der Waals surface area contributed by atoms with Crippen molar-refractivity contribution in [2.45, 2.75) is 39.7 Å². The standard InChI is InChI=1S/C21H32N4O/c1-4-11-25-12-9-17(10-13-25)14-23-21(22-3)24-15-20-16(2)18-7-5-6-8-19(18)26-20/h5-8,17H,4,9-15H2,1-3H3,(H2,22,23,24). The first-order valence-corrected chi connectivity index (χ1v) is 9.85. The molecule has 142 valence electrons. The third-order valence-corrected chi connectivity index (χ3v) is 5.39. The van der Waals surface area contributed by atoms with Gasteiger partial charge in [-0.15, -0.1) is 0 Å². The molecule has 3 rings (SSSR count). The maximum atomic E-state index is 5.97. The van der Waals surface area contributed by atoms with Crippen LogP contribution in [0.25, 0.3) is 11.0 Å². The SMILES string of the molecule is CCCN1CCC(CNC(=NC)NCc2oc3ccccc3c2C)CC1. The molecule has 0 radical (unpaired) electrons. The van der Waals surface area contributed by atoms with E-state index in [-0.39, 0.29) is 0 Å². The molecule has 1 aromatic carbocycles. The summed E-state index contributed by atoms with van der Waals surface area (Å²) in [6, 6.07) is 8.18. The molecule has 0 saturated carbocycles. The Labute approximate surface area is 156 Å². The quantitative estimate of drug-likeness (QED) is 0.614. The summed E-state index contributed by atoms with van der Waals surface area (Å²) in [6.45, 7) is 9.69. The average Bonchev–Trinajstić information content (AvgIpc) is 2.99. The van der Waals surface area contributed by atoms with Crippen molar-refractivity contribution in [2.75, 3.05) is 33.2 Å². The molecule has 1 aliphatic heterocycles. The van der Waals surface area contributed by atoms with Gasteiger partial charge in [-0.1, -0.05) is 25.1 Å². The smallest absolute Gasteiger partial charge is 0.191 e. The van der Waals surface area contributed by atoms with Gasteiger partial charge in [0.05, 0.1) is 6.54 Å². The number of para-hydroxylation sites is 1. The molecule has 0 bridgehead atoms. The van der Waals surface area contributed by atoms with Crippen LogP contribution in [0, 0.1) is 12.8 Å². The highest BCUT2D eigenvalue weighted by atomic mass is 16.3. The summed E-state index contributed by atoms with van der Waals surface area (Å²) in [5, 5.41) is 8.07. The Morgan fingerprint density at radius 3 is 2.69 bits per heavy atom. The Kier molecular flexibility index (Phi) is 6.56. The van der Waals surface area contributed by atoms with Crippen molar-refractivity contribution in [1.82, 2.24) is 15.5 Å². The highest BCUT2D eigenvalue weighted by Gasteiger charge is 2.18. The zero-order chi connectivity index (χ0) is 18.4. The Hall–Kier alpha value is -2.01. The van der Waals surface area contributed by atoms with Crippen LogP contribution in [0.2, 0.25) is 0 Å². The number of guanidine groups is 1. The minimum Gasteiger partial charge on any atom is -0.459 e. The normalized spacial score (nSPS) is 17.0. The van der Waals surface area contributed by atoms with E-state index >= 15 is 0 Å². The monoisotopic (exact) mass is 356 g/mol. The van der Waals surface area contributed by atoms with E-state index in [9.17, 15) is 0 Å². The number of likely N-dealkylation sites (tertiary alicyclic amines) is 1. The number of fused-ring (bicyclic) bond motifs is 1. The third kappa shape index (κ3) is 4.58. The fourth-order valence-electron chi connectivity index (χ4n) is 3.75. The van der Waals surface area contributed by atoms with Gasteiger partial charge < -0.3 is 20.0 Å². The van der Waals surface area contributed by atoms with Gasteiger partial charge in [-0.25, -0.2) is 0 Å². The largest absolute Gasteiger partial charge is 0.459 e. The summed E-state index contributed by atoms with van der Waals surface area (Å²) in [6.07, 6.45) is 3.79. The van der Waals surface area contributed by atoms with E-state index in [0.29, 0.717) is 6.54 Å². The lowest BCUT2D eigenvalue weighted by atomic mass is 9.97. The van der Waals surface area contributed by atoms with Crippen LogP contribution in [0.1, 0.15) is 37.5 Å². The Morgan fingerprint density at radius 2 is 2.00 bits per heavy atom. The van der Waals surface area contributed by atoms with E-state index in [4.69, 9.17) is 4.42 Å². The second-order valence-electron chi connectivity index (χ2n) is 7.24. The highest BCUT2D eigenvalue weighted by molar-refractivity contribution is 5.82. The molecule has 5 nitrogen and oxygen atoms in total.